The van der Waals surface area contributed by atoms with Crippen LogP contribution < -0.4 is 11.1 Å². The highest BCUT2D eigenvalue weighted by Crippen LogP contribution is 2.32. The SMILES string of the molecule is Cc1cnc2n[nH]c(Nc3nc(N)ncc3-c3ccc(F)c(S(C)(=O)=O)c3)c2c1. The zero-order valence-electron chi connectivity index (χ0n) is 15.4. The van der Waals surface area contributed by atoms with Gasteiger partial charge in [0.05, 0.1) is 5.39 Å². The molecule has 0 radical (unpaired) electrons. The van der Waals surface area contributed by atoms with E-state index in [2.05, 4.69) is 30.5 Å². The Hall–Kier alpha value is -3.60. The van der Waals surface area contributed by atoms with Crippen LogP contribution in [-0.4, -0.2) is 39.8 Å². The van der Waals surface area contributed by atoms with E-state index in [-0.39, 0.29) is 5.95 Å². The summed E-state index contributed by atoms with van der Waals surface area (Å²) in [5.41, 5.74) is 8.05. The first-order chi connectivity index (χ1) is 13.7. The van der Waals surface area contributed by atoms with Crippen molar-refractivity contribution in [3.63, 3.8) is 0 Å². The van der Waals surface area contributed by atoms with E-state index in [1.54, 1.807) is 6.20 Å². The van der Waals surface area contributed by atoms with Gasteiger partial charge in [-0.05, 0) is 36.2 Å². The molecule has 0 aliphatic rings. The summed E-state index contributed by atoms with van der Waals surface area (Å²) < 4.78 is 37.8. The van der Waals surface area contributed by atoms with Crippen LogP contribution in [0, 0.1) is 12.7 Å². The van der Waals surface area contributed by atoms with Gasteiger partial charge in [0.25, 0.3) is 0 Å². The maximum atomic E-state index is 14.0. The molecule has 148 valence electrons. The average Bonchev–Trinajstić information content (AvgIpc) is 3.04. The van der Waals surface area contributed by atoms with Crippen molar-refractivity contribution in [3.8, 4) is 11.1 Å². The Bertz CT molecular complexity index is 1350. The van der Waals surface area contributed by atoms with Crippen LogP contribution >= 0.6 is 0 Å². The summed E-state index contributed by atoms with van der Waals surface area (Å²) in [6, 6.07) is 5.67. The quantitative estimate of drug-likeness (QED) is 0.464. The van der Waals surface area contributed by atoms with E-state index in [0.29, 0.717) is 28.4 Å². The Morgan fingerprint density at radius 1 is 1.17 bits per heavy atom. The Morgan fingerprint density at radius 2 is 1.97 bits per heavy atom. The van der Waals surface area contributed by atoms with Crippen molar-refractivity contribution in [1.29, 1.82) is 0 Å². The number of halogens is 1. The monoisotopic (exact) mass is 413 g/mol. The molecule has 9 nitrogen and oxygen atoms in total. The number of fused-ring (bicyclic) bond motifs is 1. The van der Waals surface area contributed by atoms with Gasteiger partial charge in [-0.15, -0.1) is 0 Å². The van der Waals surface area contributed by atoms with E-state index in [1.807, 2.05) is 13.0 Å². The van der Waals surface area contributed by atoms with Gasteiger partial charge < -0.3 is 11.1 Å². The lowest BCUT2D eigenvalue weighted by atomic mass is 10.1. The number of anilines is 3. The molecular formula is C18H16FN7O2S. The maximum absolute atomic E-state index is 14.0. The summed E-state index contributed by atoms with van der Waals surface area (Å²) in [6.07, 6.45) is 4.08. The Balaban J connectivity index is 1.84. The molecule has 0 saturated carbocycles. The zero-order valence-corrected chi connectivity index (χ0v) is 16.2. The van der Waals surface area contributed by atoms with E-state index in [4.69, 9.17) is 5.73 Å². The summed E-state index contributed by atoms with van der Waals surface area (Å²) in [4.78, 5) is 12.0. The molecule has 0 spiro atoms. The molecule has 4 rings (SSSR count). The first kappa shape index (κ1) is 18.7. The van der Waals surface area contributed by atoms with Crippen LogP contribution in [0.5, 0.6) is 0 Å². The molecule has 0 unspecified atom stereocenters. The minimum absolute atomic E-state index is 0.0137. The number of rotatable bonds is 4. The van der Waals surface area contributed by atoms with Gasteiger partial charge in [0.2, 0.25) is 5.95 Å². The topological polar surface area (TPSA) is 140 Å². The largest absolute Gasteiger partial charge is 0.368 e. The van der Waals surface area contributed by atoms with Gasteiger partial charge in [0.1, 0.15) is 22.3 Å². The smallest absolute Gasteiger partial charge is 0.221 e. The van der Waals surface area contributed by atoms with Gasteiger partial charge in [0.15, 0.2) is 15.5 Å². The Morgan fingerprint density at radius 3 is 2.72 bits per heavy atom. The van der Waals surface area contributed by atoms with E-state index >= 15 is 0 Å². The van der Waals surface area contributed by atoms with E-state index in [1.165, 1.54) is 18.3 Å². The van der Waals surface area contributed by atoms with E-state index < -0.39 is 20.5 Å². The lowest BCUT2D eigenvalue weighted by Crippen LogP contribution is -2.04. The van der Waals surface area contributed by atoms with Crippen molar-refractivity contribution in [3.05, 3.63) is 48.0 Å². The number of H-pyrrole nitrogens is 1. The molecule has 11 heteroatoms. The molecule has 0 bridgehead atoms. The number of nitrogen functional groups attached to an aromatic ring is 1. The van der Waals surface area contributed by atoms with E-state index in [9.17, 15) is 12.8 Å². The van der Waals surface area contributed by atoms with Crippen molar-refractivity contribution in [2.75, 3.05) is 17.3 Å². The number of nitrogens with zero attached hydrogens (tertiary/aromatic N) is 4. The van der Waals surface area contributed by atoms with Gasteiger partial charge in [0, 0.05) is 24.2 Å². The summed E-state index contributed by atoms with van der Waals surface area (Å²) in [5.74, 6) is 0.0136. The molecule has 3 aromatic heterocycles. The predicted octanol–water partition coefficient (Wildman–Crippen LogP) is 2.59. The molecule has 0 aliphatic heterocycles. The minimum Gasteiger partial charge on any atom is -0.368 e. The fraction of sp³-hybridized carbons (Fsp3) is 0.111. The summed E-state index contributed by atoms with van der Waals surface area (Å²) >= 11 is 0. The normalized spacial score (nSPS) is 11.7. The Kier molecular flexibility index (Phi) is 4.38. The van der Waals surface area contributed by atoms with Crippen molar-refractivity contribution in [2.45, 2.75) is 11.8 Å². The molecule has 0 aliphatic carbocycles. The molecule has 0 saturated heterocycles. The lowest BCUT2D eigenvalue weighted by Gasteiger charge is -2.12. The maximum Gasteiger partial charge on any atom is 0.221 e. The number of hydrogen-bond acceptors (Lipinski definition) is 8. The number of pyridine rings is 1. The van der Waals surface area contributed by atoms with Crippen LogP contribution in [0.4, 0.5) is 22.0 Å². The van der Waals surface area contributed by atoms with Crippen molar-refractivity contribution >= 4 is 38.5 Å². The van der Waals surface area contributed by atoms with Crippen molar-refractivity contribution in [2.24, 2.45) is 0 Å². The molecule has 4 N–H and O–H groups in total. The number of aromatic amines is 1. The van der Waals surface area contributed by atoms with Gasteiger partial charge in [-0.2, -0.15) is 10.1 Å². The van der Waals surface area contributed by atoms with Crippen LogP contribution in [0.1, 0.15) is 5.56 Å². The zero-order chi connectivity index (χ0) is 20.8. The average molecular weight is 413 g/mol. The fourth-order valence-electron chi connectivity index (χ4n) is 2.87. The predicted molar refractivity (Wildman–Crippen MR) is 107 cm³/mol. The highest BCUT2D eigenvalue weighted by atomic mass is 32.2. The second-order valence-electron chi connectivity index (χ2n) is 6.52. The van der Waals surface area contributed by atoms with Gasteiger partial charge in [-0.25, -0.2) is 22.8 Å². The number of nitrogens with one attached hydrogen (secondary N) is 2. The molecule has 0 atom stereocenters. The standard InChI is InChI=1S/C18H16FN7O2S/c1-9-5-11-15(21-7-9)25-26-17(11)23-16-12(8-22-18(20)24-16)10-3-4-13(19)14(6-10)29(2,27)28/h3-8H,1-2H3,(H4,20,21,22,23,24,25,26). The molecule has 4 aromatic rings. The van der Waals surface area contributed by atoms with Crippen molar-refractivity contribution < 1.29 is 12.8 Å². The number of sulfone groups is 1. The number of nitrogens with two attached hydrogens (primary N) is 1. The lowest BCUT2D eigenvalue weighted by molar-refractivity contribution is 0.571. The number of aromatic nitrogens is 5. The number of hydrogen-bond donors (Lipinski definition) is 3. The summed E-state index contributed by atoms with van der Waals surface area (Å²) in [6.45, 7) is 1.91. The molecule has 29 heavy (non-hydrogen) atoms. The van der Waals surface area contributed by atoms with Gasteiger partial charge in [-0.3, -0.25) is 5.10 Å². The molecule has 3 heterocycles. The Labute approximate surface area is 165 Å². The van der Waals surface area contributed by atoms with Crippen LogP contribution in [0.25, 0.3) is 22.2 Å². The van der Waals surface area contributed by atoms with Gasteiger partial charge >= 0.3 is 0 Å². The van der Waals surface area contributed by atoms with Crippen LogP contribution in [-0.2, 0) is 9.84 Å². The van der Waals surface area contributed by atoms with Crippen LogP contribution in [0.15, 0.2) is 41.6 Å². The summed E-state index contributed by atoms with van der Waals surface area (Å²) in [7, 11) is -3.75. The third-order valence-corrected chi connectivity index (χ3v) is 5.35. The van der Waals surface area contributed by atoms with Crippen LogP contribution in [0.2, 0.25) is 0 Å². The molecular weight excluding hydrogens is 397 g/mol. The third-order valence-electron chi connectivity index (χ3n) is 4.24. The molecule has 0 amide bonds. The van der Waals surface area contributed by atoms with Gasteiger partial charge in [-0.1, -0.05) is 6.07 Å². The fourth-order valence-corrected chi connectivity index (χ4v) is 3.64. The molecule has 1 aromatic carbocycles. The summed E-state index contributed by atoms with van der Waals surface area (Å²) in [5, 5.41) is 10.8. The number of aryl methyl sites for hydroxylation is 1. The van der Waals surface area contributed by atoms with Crippen molar-refractivity contribution in [1.82, 2.24) is 25.1 Å². The van der Waals surface area contributed by atoms with E-state index in [0.717, 1.165) is 23.3 Å². The first-order valence-corrected chi connectivity index (χ1v) is 10.3. The highest BCUT2D eigenvalue weighted by Gasteiger charge is 2.18. The third kappa shape index (κ3) is 3.59. The second kappa shape index (κ2) is 6.78. The van der Waals surface area contributed by atoms with Crippen LogP contribution in [0.3, 0.4) is 0 Å². The first-order valence-electron chi connectivity index (χ1n) is 8.42. The minimum atomic E-state index is -3.75. The second-order valence-corrected chi connectivity index (χ2v) is 8.50. The highest BCUT2D eigenvalue weighted by molar-refractivity contribution is 7.90. The number of benzene rings is 1. The molecule has 0 fully saturated rings.